The lowest BCUT2D eigenvalue weighted by Gasteiger charge is -2.39. The molecule has 0 amide bonds. The van der Waals surface area contributed by atoms with Gasteiger partial charge in [0.05, 0.1) is 5.60 Å². The van der Waals surface area contributed by atoms with Crippen molar-refractivity contribution in [3.63, 3.8) is 0 Å². The molecule has 0 aromatic rings. The molecule has 1 fully saturated rings. The van der Waals surface area contributed by atoms with Crippen molar-refractivity contribution in [1.82, 2.24) is 0 Å². The normalized spacial score (nSPS) is 18.0. The molecule has 0 aromatic carbocycles. The fraction of sp³-hybridized carbons (Fsp3) is 0.812. The van der Waals surface area contributed by atoms with Crippen LogP contribution in [0.4, 0.5) is 4.79 Å². The molecule has 0 aliphatic carbocycles. The molecule has 0 atom stereocenters. The third-order valence-electron chi connectivity index (χ3n) is 3.44. The van der Waals surface area contributed by atoms with E-state index in [1.807, 2.05) is 26.8 Å². The summed E-state index contributed by atoms with van der Waals surface area (Å²) in [6, 6.07) is 0. The van der Waals surface area contributed by atoms with Crippen LogP contribution < -0.4 is 0 Å². The fourth-order valence-electron chi connectivity index (χ4n) is 2.11. The van der Waals surface area contributed by atoms with Gasteiger partial charge in [-0.2, -0.15) is 0 Å². The number of carbonyl (C=O) groups is 1. The molecule has 1 aliphatic heterocycles. The summed E-state index contributed by atoms with van der Waals surface area (Å²) >= 11 is 0. The molecule has 1 rings (SSSR count). The molecule has 5 nitrogen and oxygen atoms in total. The Hall–Kier alpha value is -1.07. The van der Waals surface area contributed by atoms with E-state index in [9.17, 15) is 4.79 Å². The van der Waals surface area contributed by atoms with Gasteiger partial charge in [0.25, 0.3) is 0 Å². The van der Waals surface area contributed by atoms with Crippen LogP contribution in [0, 0.1) is 0 Å². The van der Waals surface area contributed by atoms with Crippen LogP contribution in [-0.2, 0) is 19.2 Å². The molecule has 0 radical (unpaired) electrons. The van der Waals surface area contributed by atoms with Gasteiger partial charge in [0.15, 0.2) is 0 Å². The van der Waals surface area contributed by atoms with Crippen molar-refractivity contribution in [2.75, 3.05) is 0 Å². The minimum Gasteiger partial charge on any atom is -0.360 e. The molecule has 5 heteroatoms. The number of allylic oxidation sites excluding steroid dienone is 1. The van der Waals surface area contributed by atoms with Gasteiger partial charge in [0.2, 0.25) is 0 Å². The van der Waals surface area contributed by atoms with Crippen molar-refractivity contribution in [3.8, 4) is 0 Å². The maximum absolute atomic E-state index is 11.0. The Balaban J connectivity index is 2.49. The summed E-state index contributed by atoms with van der Waals surface area (Å²) in [6.45, 7) is 9.85. The molecule has 1 heterocycles. The Morgan fingerprint density at radius 1 is 1.24 bits per heavy atom. The summed E-state index contributed by atoms with van der Waals surface area (Å²) in [5, 5.41) is 0. The van der Waals surface area contributed by atoms with Crippen LogP contribution in [0.1, 0.15) is 73.1 Å². The van der Waals surface area contributed by atoms with Crippen LogP contribution in [0.15, 0.2) is 11.6 Å². The fourth-order valence-corrected chi connectivity index (χ4v) is 2.11. The largest absolute Gasteiger partial charge is 0.519 e. The predicted octanol–water partition coefficient (Wildman–Crippen LogP) is 4.86. The highest BCUT2D eigenvalue weighted by atomic mass is 17.3. The molecule has 0 aromatic heterocycles. The Morgan fingerprint density at radius 3 is 2.43 bits per heavy atom. The minimum atomic E-state index is -1.51. The summed E-state index contributed by atoms with van der Waals surface area (Å²) in [7, 11) is 0. The summed E-state index contributed by atoms with van der Waals surface area (Å²) < 4.78 is 10.0. The Labute approximate surface area is 127 Å². The molecule has 0 unspecified atom stereocenters. The van der Waals surface area contributed by atoms with Gasteiger partial charge < -0.3 is 9.47 Å². The first-order valence-electron chi connectivity index (χ1n) is 7.81. The molecule has 0 N–H and O–H groups in total. The standard InChI is InChI=1S/C16H28O5/c1-6-8-9-10-12-15(4,5)20-21-16(13(3)11-7-2)18-14(17)19-16/h11H,6-10,12H2,1-5H3/b13-11+. The number of hydrogen-bond acceptors (Lipinski definition) is 5. The molecule has 1 saturated heterocycles. The minimum absolute atomic E-state index is 0.460. The van der Waals surface area contributed by atoms with Crippen molar-refractivity contribution in [3.05, 3.63) is 11.6 Å². The lowest BCUT2D eigenvalue weighted by molar-refractivity contribution is -0.526. The van der Waals surface area contributed by atoms with E-state index < -0.39 is 17.7 Å². The Kier molecular flexibility index (Phi) is 6.68. The van der Waals surface area contributed by atoms with E-state index in [1.165, 1.54) is 19.3 Å². The van der Waals surface area contributed by atoms with Crippen LogP contribution >= 0.6 is 0 Å². The third-order valence-corrected chi connectivity index (χ3v) is 3.44. The molecule has 21 heavy (non-hydrogen) atoms. The van der Waals surface area contributed by atoms with Crippen LogP contribution in [0.3, 0.4) is 0 Å². The van der Waals surface area contributed by atoms with E-state index in [0.29, 0.717) is 5.57 Å². The average Bonchev–Trinajstić information content (AvgIpc) is 2.38. The number of rotatable bonds is 10. The van der Waals surface area contributed by atoms with Gasteiger partial charge >= 0.3 is 12.1 Å². The molecular weight excluding hydrogens is 272 g/mol. The van der Waals surface area contributed by atoms with E-state index in [4.69, 9.17) is 19.2 Å². The van der Waals surface area contributed by atoms with Crippen molar-refractivity contribution in [2.45, 2.75) is 84.7 Å². The van der Waals surface area contributed by atoms with Crippen LogP contribution in [0.2, 0.25) is 0 Å². The van der Waals surface area contributed by atoms with Crippen LogP contribution in [0.5, 0.6) is 0 Å². The van der Waals surface area contributed by atoms with E-state index >= 15 is 0 Å². The quantitative estimate of drug-likeness (QED) is 0.189. The zero-order valence-electron chi connectivity index (χ0n) is 13.9. The van der Waals surface area contributed by atoms with Gasteiger partial charge in [0, 0.05) is 5.57 Å². The summed E-state index contributed by atoms with van der Waals surface area (Å²) in [5.41, 5.74) is 0.213. The Bertz CT molecular complexity index is 365. The third kappa shape index (κ3) is 5.32. The number of hydrogen-bond donors (Lipinski definition) is 0. The van der Waals surface area contributed by atoms with Crippen molar-refractivity contribution in [2.24, 2.45) is 0 Å². The number of ether oxygens (including phenoxy) is 2. The highest BCUT2D eigenvalue weighted by Crippen LogP contribution is 2.36. The summed E-state index contributed by atoms with van der Waals surface area (Å²) in [5.74, 6) is -1.51. The summed E-state index contributed by atoms with van der Waals surface area (Å²) in [6.07, 6.45) is 7.46. The second-order valence-electron chi connectivity index (χ2n) is 6.04. The molecule has 0 bridgehead atoms. The lowest BCUT2D eigenvalue weighted by Crippen LogP contribution is -2.54. The maximum Gasteiger partial charge on any atom is 0.519 e. The zero-order valence-corrected chi connectivity index (χ0v) is 13.9. The maximum atomic E-state index is 11.0. The number of carbonyl (C=O) groups excluding carboxylic acids is 1. The second kappa shape index (κ2) is 7.80. The second-order valence-corrected chi connectivity index (χ2v) is 6.04. The molecule has 0 spiro atoms. The number of unbranched alkanes of at least 4 members (excludes halogenated alkanes) is 3. The SMILES string of the molecule is CC/C=C(\C)C1(OOC(C)(C)CCCCCC)OC(=O)O1. The molecule has 1 aliphatic rings. The van der Waals surface area contributed by atoms with E-state index in [0.717, 1.165) is 19.3 Å². The highest BCUT2D eigenvalue weighted by Gasteiger charge is 2.54. The predicted molar refractivity (Wildman–Crippen MR) is 79.4 cm³/mol. The topological polar surface area (TPSA) is 54.0 Å². The monoisotopic (exact) mass is 300 g/mol. The van der Waals surface area contributed by atoms with Gasteiger partial charge in [-0.3, -0.25) is 0 Å². The first-order valence-corrected chi connectivity index (χ1v) is 7.81. The zero-order chi connectivity index (χ0) is 15.9. The van der Waals surface area contributed by atoms with E-state index in [1.54, 1.807) is 6.92 Å². The average molecular weight is 300 g/mol. The highest BCUT2D eigenvalue weighted by molar-refractivity contribution is 5.66. The van der Waals surface area contributed by atoms with Crippen molar-refractivity contribution in [1.29, 1.82) is 0 Å². The van der Waals surface area contributed by atoms with Crippen LogP contribution in [-0.4, -0.2) is 17.7 Å². The van der Waals surface area contributed by atoms with Gasteiger partial charge in [-0.1, -0.05) is 45.6 Å². The molecule has 122 valence electrons. The van der Waals surface area contributed by atoms with Crippen molar-refractivity contribution < 1.29 is 24.0 Å². The van der Waals surface area contributed by atoms with Gasteiger partial charge in [0.1, 0.15) is 0 Å². The van der Waals surface area contributed by atoms with Gasteiger partial charge in [-0.25, -0.2) is 9.68 Å². The van der Waals surface area contributed by atoms with Crippen molar-refractivity contribution >= 4 is 6.16 Å². The molecular formula is C16H28O5. The van der Waals surface area contributed by atoms with Gasteiger partial charge in [-0.15, -0.1) is 4.89 Å². The smallest absolute Gasteiger partial charge is 0.360 e. The Morgan fingerprint density at radius 2 is 1.90 bits per heavy atom. The van der Waals surface area contributed by atoms with E-state index in [-0.39, 0.29) is 0 Å². The molecule has 0 saturated carbocycles. The van der Waals surface area contributed by atoms with E-state index in [2.05, 4.69) is 6.92 Å². The lowest BCUT2D eigenvalue weighted by atomic mass is 10.0. The summed E-state index contributed by atoms with van der Waals surface area (Å²) in [4.78, 5) is 21.8. The van der Waals surface area contributed by atoms with Gasteiger partial charge in [-0.05, 0) is 33.6 Å². The first-order chi connectivity index (χ1) is 9.85. The van der Waals surface area contributed by atoms with Crippen LogP contribution in [0.25, 0.3) is 0 Å². The number of cyclic esters (lactones) is 2. The first kappa shape index (κ1) is 18.0.